The van der Waals surface area contributed by atoms with Crippen molar-refractivity contribution in [2.75, 3.05) is 5.32 Å². The number of aryl methyl sites for hydroxylation is 1. The van der Waals surface area contributed by atoms with Crippen LogP contribution in [0.1, 0.15) is 29.7 Å². The zero-order valence-electron chi connectivity index (χ0n) is 15.6. The number of aromatic amines is 1. The van der Waals surface area contributed by atoms with Gasteiger partial charge in [0.1, 0.15) is 0 Å². The maximum atomic E-state index is 4.48. The van der Waals surface area contributed by atoms with Gasteiger partial charge >= 0.3 is 0 Å². The van der Waals surface area contributed by atoms with Gasteiger partial charge in [-0.15, -0.1) is 0 Å². The molecule has 1 atom stereocenters. The maximum Gasteiger partial charge on any atom is 0.0768 e. The Kier molecular flexibility index (Phi) is 4.80. The van der Waals surface area contributed by atoms with Crippen molar-refractivity contribution < 1.29 is 0 Å². The molecule has 27 heavy (non-hydrogen) atoms. The number of anilines is 1. The third-order valence-corrected chi connectivity index (χ3v) is 5.06. The largest absolute Gasteiger partial charge is 0.374 e. The Morgan fingerprint density at radius 1 is 0.963 bits per heavy atom. The van der Waals surface area contributed by atoms with E-state index in [2.05, 4.69) is 103 Å². The van der Waals surface area contributed by atoms with Crippen LogP contribution >= 0.6 is 0 Å². The highest BCUT2D eigenvalue weighted by Crippen LogP contribution is 2.35. The molecular weight excluding hydrogens is 328 g/mol. The molecule has 2 nitrogen and oxygen atoms in total. The summed E-state index contributed by atoms with van der Waals surface area (Å²) in [4.78, 5) is 3.37. The van der Waals surface area contributed by atoms with Crippen LogP contribution in [-0.2, 0) is 6.42 Å². The molecule has 0 saturated heterocycles. The number of hydrogen-bond acceptors (Lipinski definition) is 1. The van der Waals surface area contributed by atoms with E-state index in [9.17, 15) is 0 Å². The fraction of sp³-hybridized carbons (Fsp3) is 0.120. The number of H-pyrrole nitrogens is 1. The molecule has 0 amide bonds. The molecule has 134 valence electrons. The van der Waals surface area contributed by atoms with Crippen molar-refractivity contribution in [3.8, 4) is 0 Å². The van der Waals surface area contributed by atoms with Crippen molar-refractivity contribution in [2.24, 2.45) is 0 Å². The van der Waals surface area contributed by atoms with Crippen LogP contribution in [0.2, 0.25) is 0 Å². The third kappa shape index (κ3) is 3.52. The summed E-state index contributed by atoms with van der Waals surface area (Å²) in [5.41, 5.74) is 6.98. The lowest BCUT2D eigenvalue weighted by Gasteiger charge is -2.23. The van der Waals surface area contributed by atoms with Crippen LogP contribution in [0.3, 0.4) is 0 Å². The molecule has 1 unspecified atom stereocenters. The van der Waals surface area contributed by atoms with E-state index in [1.54, 1.807) is 0 Å². The summed E-state index contributed by atoms with van der Waals surface area (Å²) in [5.74, 6) is 0. The molecule has 0 fully saturated rings. The minimum atomic E-state index is -0.00230. The Bertz CT molecular complexity index is 1060. The summed E-state index contributed by atoms with van der Waals surface area (Å²) in [7, 11) is 0. The summed E-state index contributed by atoms with van der Waals surface area (Å²) in [6.45, 7) is 6.66. The van der Waals surface area contributed by atoms with Gasteiger partial charge in [-0.05, 0) is 41.3 Å². The highest BCUT2D eigenvalue weighted by atomic mass is 14.9. The van der Waals surface area contributed by atoms with Gasteiger partial charge in [-0.2, -0.15) is 0 Å². The van der Waals surface area contributed by atoms with Gasteiger partial charge in [-0.3, -0.25) is 0 Å². The monoisotopic (exact) mass is 352 g/mol. The van der Waals surface area contributed by atoms with Gasteiger partial charge < -0.3 is 10.3 Å². The molecule has 1 heterocycles. The fourth-order valence-corrected chi connectivity index (χ4v) is 3.56. The van der Waals surface area contributed by atoms with Crippen LogP contribution in [0.25, 0.3) is 16.5 Å². The molecular formula is C25H24N2. The fourth-order valence-electron chi connectivity index (χ4n) is 3.56. The number of rotatable bonds is 6. The molecule has 0 aliphatic rings. The number of fused-ring (bicyclic) bond motifs is 1. The lowest BCUT2D eigenvalue weighted by atomic mass is 9.93. The number of aromatic nitrogens is 1. The number of hydrogen-bond donors (Lipinski definition) is 2. The Morgan fingerprint density at radius 3 is 2.56 bits per heavy atom. The topological polar surface area (TPSA) is 27.8 Å². The average molecular weight is 352 g/mol. The van der Waals surface area contributed by atoms with Crippen LogP contribution < -0.4 is 5.32 Å². The smallest absolute Gasteiger partial charge is 0.0768 e. The van der Waals surface area contributed by atoms with Crippen molar-refractivity contribution >= 4 is 22.2 Å². The zero-order valence-corrected chi connectivity index (χ0v) is 15.6. The molecule has 2 heteroatoms. The van der Waals surface area contributed by atoms with E-state index in [1.807, 2.05) is 6.07 Å². The first kappa shape index (κ1) is 17.2. The lowest BCUT2D eigenvalue weighted by molar-refractivity contribution is 1.01. The van der Waals surface area contributed by atoms with Gasteiger partial charge in [0, 0.05) is 28.4 Å². The molecule has 0 bridgehead atoms. The summed E-state index contributed by atoms with van der Waals surface area (Å²) >= 11 is 0. The standard InChI is InChI=1S/C25H24N2/c1-3-19-10-9-13-21(16-19)27-25(20-11-5-4-6-12-20)18(2)23-17-26-24-15-8-7-14-22(23)24/h4-17,25-27H,2-3H2,1H3. The van der Waals surface area contributed by atoms with Crippen LogP contribution in [0, 0.1) is 0 Å². The van der Waals surface area contributed by atoms with Crippen molar-refractivity contribution in [1.29, 1.82) is 0 Å². The lowest BCUT2D eigenvalue weighted by Crippen LogP contribution is -2.12. The number of para-hydroxylation sites is 1. The Morgan fingerprint density at radius 2 is 1.74 bits per heavy atom. The SMILES string of the molecule is C=C(c1c[nH]c2ccccc12)C(Nc1cccc(CC)c1)c1ccccc1. The van der Waals surface area contributed by atoms with Crippen LogP contribution in [0.15, 0.2) is 91.6 Å². The normalized spacial score (nSPS) is 12.0. The molecule has 0 aliphatic carbocycles. The van der Waals surface area contributed by atoms with E-state index in [0.29, 0.717) is 0 Å². The zero-order chi connectivity index (χ0) is 18.6. The van der Waals surface area contributed by atoms with Crippen molar-refractivity contribution in [3.05, 3.63) is 108 Å². The quantitative estimate of drug-likeness (QED) is 0.402. The number of benzene rings is 3. The third-order valence-electron chi connectivity index (χ3n) is 5.06. The first-order valence-electron chi connectivity index (χ1n) is 9.42. The van der Waals surface area contributed by atoms with Gasteiger partial charge in [0.2, 0.25) is 0 Å². The first-order chi connectivity index (χ1) is 13.3. The molecule has 1 aromatic heterocycles. The van der Waals surface area contributed by atoms with Gasteiger partial charge in [-0.1, -0.05) is 74.2 Å². The summed E-state index contributed by atoms with van der Waals surface area (Å²) in [6, 6.07) is 27.5. The van der Waals surface area contributed by atoms with Crippen LogP contribution in [0.5, 0.6) is 0 Å². The summed E-state index contributed by atoms with van der Waals surface area (Å²) < 4.78 is 0. The van der Waals surface area contributed by atoms with Gasteiger partial charge in [0.05, 0.1) is 6.04 Å². The molecule has 0 spiro atoms. The van der Waals surface area contributed by atoms with Crippen molar-refractivity contribution in [2.45, 2.75) is 19.4 Å². The minimum Gasteiger partial charge on any atom is -0.374 e. The van der Waals surface area contributed by atoms with E-state index in [1.165, 1.54) is 16.5 Å². The van der Waals surface area contributed by atoms with Crippen LogP contribution in [-0.4, -0.2) is 4.98 Å². The molecule has 3 aromatic carbocycles. The van der Waals surface area contributed by atoms with E-state index in [4.69, 9.17) is 0 Å². The Balaban J connectivity index is 1.74. The second-order valence-electron chi connectivity index (χ2n) is 6.82. The molecule has 0 radical (unpaired) electrons. The Hall–Kier alpha value is -3.26. The average Bonchev–Trinajstić information content (AvgIpc) is 3.16. The van der Waals surface area contributed by atoms with Crippen molar-refractivity contribution in [1.82, 2.24) is 4.98 Å². The predicted molar refractivity (Wildman–Crippen MR) is 116 cm³/mol. The van der Waals surface area contributed by atoms with E-state index in [0.717, 1.165) is 28.8 Å². The Labute approximate surface area is 160 Å². The summed E-state index contributed by atoms with van der Waals surface area (Å²) in [6.07, 6.45) is 3.09. The second kappa shape index (κ2) is 7.55. The van der Waals surface area contributed by atoms with Crippen LogP contribution in [0.4, 0.5) is 5.69 Å². The summed E-state index contributed by atoms with van der Waals surface area (Å²) in [5, 5.41) is 4.91. The van der Waals surface area contributed by atoms with E-state index >= 15 is 0 Å². The van der Waals surface area contributed by atoms with Gasteiger partial charge in [-0.25, -0.2) is 0 Å². The molecule has 0 aliphatic heterocycles. The molecule has 2 N–H and O–H groups in total. The molecule has 0 saturated carbocycles. The number of nitrogens with one attached hydrogen (secondary N) is 2. The highest BCUT2D eigenvalue weighted by molar-refractivity contribution is 5.93. The van der Waals surface area contributed by atoms with E-state index in [-0.39, 0.29) is 6.04 Å². The highest BCUT2D eigenvalue weighted by Gasteiger charge is 2.19. The minimum absolute atomic E-state index is 0.00230. The molecule has 4 rings (SSSR count). The first-order valence-corrected chi connectivity index (χ1v) is 9.42. The van der Waals surface area contributed by atoms with Gasteiger partial charge in [0.15, 0.2) is 0 Å². The van der Waals surface area contributed by atoms with Crippen molar-refractivity contribution in [3.63, 3.8) is 0 Å². The molecule has 4 aromatic rings. The predicted octanol–water partition coefficient (Wildman–Crippen LogP) is 6.60. The van der Waals surface area contributed by atoms with E-state index < -0.39 is 0 Å². The second-order valence-corrected chi connectivity index (χ2v) is 6.82. The van der Waals surface area contributed by atoms with Gasteiger partial charge in [0.25, 0.3) is 0 Å². The maximum absolute atomic E-state index is 4.48.